The molecule has 0 amide bonds. The molecule has 0 aliphatic carbocycles. The van der Waals surface area contributed by atoms with Crippen LogP contribution in [0.4, 0.5) is 5.13 Å². The second kappa shape index (κ2) is 4.72. The minimum absolute atomic E-state index is 0.994. The van der Waals surface area contributed by atoms with Gasteiger partial charge in [0.15, 0.2) is 5.13 Å². The molecule has 1 fully saturated rings. The molecule has 1 aliphatic heterocycles. The van der Waals surface area contributed by atoms with Gasteiger partial charge in [-0.15, -0.1) is 11.3 Å². The van der Waals surface area contributed by atoms with Crippen LogP contribution in [0.1, 0.15) is 6.92 Å². The topological polar surface area (TPSA) is 31.4 Å². The van der Waals surface area contributed by atoms with Crippen LogP contribution in [-0.2, 0) is 0 Å². The van der Waals surface area contributed by atoms with Crippen LogP contribution in [-0.4, -0.2) is 42.7 Å². The molecule has 0 saturated carbocycles. The van der Waals surface area contributed by atoms with Gasteiger partial charge in [-0.25, -0.2) is 9.99 Å². The average Bonchev–Trinajstić information content (AvgIpc) is 2.74. The number of nitrogens with zero attached hydrogens (tertiary/aromatic N) is 3. The molecule has 1 N–H and O–H groups in total. The van der Waals surface area contributed by atoms with Crippen molar-refractivity contribution in [3.8, 4) is 0 Å². The van der Waals surface area contributed by atoms with Gasteiger partial charge in [0.2, 0.25) is 0 Å². The van der Waals surface area contributed by atoms with Crippen LogP contribution in [0, 0.1) is 0 Å². The first-order valence-electron chi connectivity index (χ1n) is 5.04. The fourth-order valence-electron chi connectivity index (χ4n) is 1.69. The van der Waals surface area contributed by atoms with Crippen LogP contribution in [0.3, 0.4) is 0 Å². The highest BCUT2D eigenvalue weighted by molar-refractivity contribution is 7.13. The smallest absolute Gasteiger partial charge is 0.199 e. The Hall–Kier alpha value is -0.650. The van der Waals surface area contributed by atoms with Crippen molar-refractivity contribution in [2.24, 2.45) is 0 Å². The number of nitrogens with one attached hydrogen (secondary N) is 1. The molecule has 0 atom stereocenters. The lowest BCUT2D eigenvalue weighted by atomic mass is 10.4. The number of piperazine rings is 1. The Bertz CT molecular complexity index is 256. The Kier molecular flexibility index (Phi) is 3.34. The zero-order chi connectivity index (χ0) is 9.80. The van der Waals surface area contributed by atoms with E-state index in [0.717, 1.165) is 37.9 Å². The molecule has 0 unspecified atom stereocenters. The predicted molar refractivity (Wildman–Crippen MR) is 59.6 cm³/mol. The van der Waals surface area contributed by atoms with E-state index < -0.39 is 0 Å². The molecule has 0 bridgehead atoms. The zero-order valence-electron chi connectivity index (χ0n) is 8.44. The number of thiazole rings is 1. The molecular weight excluding hydrogens is 196 g/mol. The molecule has 78 valence electrons. The largest absolute Gasteiger partial charge is 0.314 e. The van der Waals surface area contributed by atoms with Gasteiger partial charge >= 0.3 is 0 Å². The Morgan fingerprint density at radius 2 is 2.36 bits per heavy atom. The van der Waals surface area contributed by atoms with Gasteiger partial charge in [0.1, 0.15) is 0 Å². The van der Waals surface area contributed by atoms with E-state index in [1.807, 2.05) is 11.6 Å². The highest BCUT2D eigenvalue weighted by Gasteiger charge is 2.18. The molecule has 1 aromatic heterocycles. The summed E-state index contributed by atoms with van der Waals surface area (Å²) in [7, 11) is 0. The van der Waals surface area contributed by atoms with E-state index >= 15 is 0 Å². The van der Waals surface area contributed by atoms with Gasteiger partial charge in [-0.1, -0.05) is 0 Å². The number of hydrazine groups is 1. The standard InChI is InChI=1S/C9H16N4S/c1-2-13(9-11-5-8-14-9)12-6-3-10-4-7-12/h5,8,10H,2-4,6-7H2,1H3. The van der Waals surface area contributed by atoms with E-state index in [1.54, 1.807) is 11.3 Å². The molecule has 4 nitrogen and oxygen atoms in total. The summed E-state index contributed by atoms with van der Waals surface area (Å²) in [5.41, 5.74) is 0. The number of rotatable bonds is 3. The van der Waals surface area contributed by atoms with E-state index in [-0.39, 0.29) is 0 Å². The van der Waals surface area contributed by atoms with Gasteiger partial charge in [0.05, 0.1) is 0 Å². The minimum Gasteiger partial charge on any atom is -0.314 e. The average molecular weight is 212 g/mol. The van der Waals surface area contributed by atoms with Gasteiger partial charge in [-0.3, -0.25) is 5.01 Å². The molecule has 2 rings (SSSR count). The van der Waals surface area contributed by atoms with Crippen molar-refractivity contribution in [3.05, 3.63) is 11.6 Å². The van der Waals surface area contributed by atoms with Crippen LogP contribution in [0.5, 0.6) is 0 Å². The van der Waals surface area contributed by atoms with E-state index in [1.165, 1.54) is 0 Å². The van der Waals surface area contributed by atoms with Crippen molar-refractivity contribution in [3.63, 3.8) is 0 Å². The second-order valence-corrected chi connectivity index (χ2v) is 4.11. The zero-order valence-corrected chi connectivity index (χ0v) is 9.26. The quantitative estimate of drug-likeness (QED) is 0.802. The van der Waals surface area contributed by atoms with Gasteiger partial charge < -0.3 is 5.32 Å². The molecular formula is C9H16N4S. The number of hydrogen-bond donors (Lipinski definition) is 1. The van der Waals surface area contributed by atoms with Gasteiger partial charge in [0.25, 0.3) is 0 Å². The SMILES string of the molecule is CCN(c1nccs1)N1CCNCC1. The summed E-state index contributed by atoms with van der Waals surface area (Å²) in [6.07, 6.45) is 1.87. The molecule has 1 aromatic rings. The van der Waals surface area contributed by atoms with Crippen molar-refractivity contribution in [2.75, 3.05) is 37.7 Å². The normalized spacial score (nSPS) is 18.4. The Morgan fingerprint density at radius 1 is 1.57 bits per heavy atom. The fraction of sp³-hybridized carbons (Fsp3) is 0.667. The molecule has 14 heavy (non-hydrogen) atoms. The Morgan fingerprint density at radius 3 is 2.93 bits per heavy atom. The van der Waals surface area contributed by atoms with Crippen molar-refractivity contribution in [1.82, 2.24) is 15.3 Å². The minimum atomic E-state index is 0.994. The summed E-state index contributed by atoms with van der Waals surface area (Å²) in [6, 6.07) is 0. The van der Waals surface area contributed by atoms with Crippen LogP contribution < -0.4 is 10.3 Å². The third-order valence-corrected chi connectivity index (χ3v) is 3.16. The van der Waals surface area contributed by atoms with E-state index in [9.17, 15) is 0 Å². The van der Waals surface area contributed by atoms with Crippen LogP contribution in [0.15, 0.2) is 11.6 Å². The van der Waals surface area contributed by atoms with Crippen molar-refractivity contribution < 1.29 is 0 Å². The molecule has 0 aromatic carbocycles. The maximum absolute atomic E-state index is 4.34. The Balaban J connectivity index is 2.04. The number of hydrogen-bond acceptors (Lipinski definition) is 5. The lowest BCUT2D eigenvalue weighted by molar-refractivity contribution is 0.222. The summed E-state index contributed by atoms with van der Waals surface area (Å²) in [4.78, 5) is 4.34. The van der Waals surface area contributed by atoms with E-state index in [4.69, 9.17) is 0 Å². The second-order valence-electron chi connectivity index (χ2n) is 3.23. The summed E-state index contributed by atoms with van der Waals surface area (Å²) in [6.45, 7) is 7.46. The van der Waals surface area contributed by atoms with Crippen LogP contribution in [0.2, 0.25) is 0 Å². The molecule has 5 heteroatoms. The lowest BCUT2D eigenvalue weighted by Crippen LogP contribution is -2.52. The monoisotopic (exact) mass is 212 g/mol. The third kappa shape index (κ3) is 2.05. The lowest BCUT2D eigenvalue weighted by Gasteiger charge is -2.36. The third-order valence-electron chi connectivity index (χ3n) is 2.37. The summed E-state index contributed by atoms with van der Waals surface area (Å²) >= 11 is 1.70. The van der Waals surface area contributed by atoms with Gasteiger partial charge in [-0.05, 0) is 6.92 Å². The molecule has 0 radical (unpaired) electrons. The fourth-order valence-corrected chi connectivity index (χ4v) is 2.43. The van der Waals surface area contributed by atoms with E-state index in [2.05, 4.69) is 27.2 Å². The molecule has 2 heterocycles. The van der Waals surface area contributed by atoms with Crippen molar-refractivity contribution >= 4 is 16.5 Å². The maximum Gasteiger partial charge on any atom is 0.199 e. The highest BCUT2D eigenvalue weighted by atomic mass is 32.1. The van der Waals surface area contributed by atoms with Crippen LogP contribution >= 0.6 is 11.3 Å². The van der Waals surface area contributed by atoms with Crippen molar-refractivity contribution in [2.45, 2.75) is 6.92 Å². The molecule has 1 aliphatic rings. The number of aromatic nitrogens is 1. The highest BCUT2D eigenvalue weighted by Crippen LogP contribution is 2.19. The van der Waals surface area contributed by atoms with Gasteiger partial charge in [-0.2, -0.15) is 0 Å². The summed E-state index contributed by atoms with van der Waals surface area (Å²) in [5, 5.41) is 11.1. The molecule has 1 saturated heterocycles. The first kappa shape index (κ1) is 9.89. The van der Waals surface area contributed by atoms with E-state index in [0.29, 0.717) is 0 Å². The first-order chi connectivity index (χ1) is 6.92. The predicted octanol–water partition coefficient (Wildman–Crippen LogP) is 0.790. The maximum atomic E-state index is 4.34. The summed E-state index contributed by atoms with van der Waals surface area (Å²) in [5.74, 6) is 0. The van der Waals surface area contributed by atoms with Crippen molar-refractivity contribution in [1.29, 1.82) is 0 Å². The van der Waals surface area contributed by atoms with Crippen LogP contribution in [0.25, 0.3) is 0 Å². The first-order valence-corrected chi connectivity index (χ1v) is 5.92. The summed E-state index contributed by atoms with van der Waals surface area (Å²) < 4.78 is 0. The van der Waals surface area contributed by atoms with Gasteiger partial charge in [0, 0.05) is 44.3 Å². The Labute approximate surface area is 88.5 Å². The number of anilines is 1. The molecule has 0 spiro atoms.